The van der Waals surface area contributed by atoms with Crippen molar-refractivity contribution in [3.05, 3.63) is 29.8 Å². The minimum absolute atomic E-state index is 0.117. The maximum absolute atomic E-state index is 9.13. The Morgan fingerprint density at radius 1 is 1.29 bits per heavy atom. The molecular weight excluding hydrogens is 210 g/mol. The van der Waals surface area contributed by atoms with Gasteiger partial charge in [0.2, 0.25) is 0 Å². The highest BCUT2D eigenvalue weighted by molar-refractivity contribution is 5.46. The molecule has 1 saturated carbocycles. The number of hydrogen-bond donors (Lipinski definition) is 2. The van der Waals surface area contributed by atoms with Crippen molar-refractivity contribution in [3.63, 3.8) is 0 Å². The third kappa shape index (κ3) is 3.01. The summed E-state index contributed by atoms with van der Waals surface area (Å²) < 4.78 is 0. The Hall–Kier alpha value is -1.02. The van der Waals surface area contributed by atoms with Crippen LogP contribution < -0.4 is 5.32 Å². The fourth-order valence-electron chi connectivity index (χ4n) is 2.76. The van der Waals surface area contributed by atoms with Gasteiger partial charge in [-0.15, -0.1) is 0 Å². The van der Waals surface area contributed by atoms with Gasteiger partial charge in [-0.25, -0.2) is 0 Å². The van der Waals surface area contributed by atoms with Crippen LogP contribution in [0, 0.1) is 11.8 Å². The van der Waals surface area contributed by atoms with Gasteiger partial charge in [-0.2, -0.15) is 0 Å². The monoisotopic (exact) mass is 233 g/mol. The molecule has 1 fully saturated rings. The van der Waals surface area contributed by atoms with Crippen molar-refractivity contribution in [3.8, 4) is 0 Å². The number of aliphatic hydroxyl groups is 1. The van der Waals surface area contributed by atoms with Crippen molar-refractivity contribution in [2.24, 2.45) is 11.8 Å². The standard InChI is InChI=1S/C15H23NO/c1-11-5-3-8-15(12(11)2)16-14-7-4-6-13(9-14)10-17/h4,6-7,9,11-12,15-17H,3,5,8,10H2,1-2H3. The highest BCUT2D eigenvalue weighted by Gasteiger charge is 2.26. The number of hydrogen-bond acceptors (Lipinski definition) is 2. The molecule has 2 N–H and O–H groups in total. The Kier molecular flexibility index (Phi) is 4.06. The second-order valence-corrected chi connectivity index (χ2v) is 5.38. The minimum atomic E-state index is 0.117. The van der Waals surface area contributed by atoms with Crippen molar-refractivity contribution in [2.75, 3.05) is 5.32 Å². The predicted molar refractivity (Wildman–Crippen MR) is 72.0 cm³/mol. The zero-order chi connectivity index (χ0) is 12.3. The molecule has 0 spiro atoms. The summed E-state index contributed by atoms with van der Waals surface area (Å²) in [6, 6.07) is 8.67. The second-order valence-electron chi connectivity index (χ2n) is 5.38. The van der Waals surface area contributed by atoms with Crippen LogP contribution in [0.25, 0.3) is 0 Å². The molecule has 0 saturated heterocycles. The molecule has 17 heavy (non-hydrogen) atoms. The van der Waals surface area contributed by atoms with E-state index in [4.69, 9.17) is 5.11 Å². The summed E-state index contributed by atoms with van der Waals surface area (Å²) in [5, 5.41) is 12.8. The number of anilines is 1. The minimum Gasteiger partial charge on any atom is -0.392 e. The van der Waals surface area contributed by atoms with E-state index in [0.717, 1.165) is 23.1 Å². The second kappa shape index (κ2) is 5.54. The quantitative estimate of drug-likeness (QED) is 0.838. The van der Waals surface area contributed by atoms with Gasteiger partial charge in [0.15, 0.2) is 0 Å². The van der Waals surface area contributed by atoms with Crippen LogP contribution in [-0.2, 0) is 6.61 Å². The van der Waals surface area contributed by atoms with Gasteiger partial charge in [0.05, 0.1) is 6.61 Å². The van der Waals surface area contributed by atoms with Crippen LogP contribution in [0.3, 0.4) is 0 Å². The first-order valence-electron chi connectivity index (χ1n) is 6.67. The Balaban J connectivity index is 2.04. The summed E-state index contributed by atoms with van der Waals surface area (Å²) in [4.78, 5) is 0. The fraction of sp³-hybridized carbons (Fsp3) is 0.600. The van der Waals surface area contributed by atoms with Gasteiger partial charge in [-0.3, -0.25) is 0 Å². The van der Waals surface area contributed by atoms with E-state index in [0.29, 0.717) is 6.04 Å². The van der Waals surface area contributed by atoms with Crippen LogP contribution >= 0.6 is 0 Å². The molecule has 0 aromatic heterocycles. The van der Waals surface area contributed by atoms with Gasteiger partial charge in [-0.1, -0.05) is 38.8 Å². The largest absolute Gasteiger partial charge is 0.392 e. The summed E-state index contributed by atoms with van der Waals surface area (Å²) in [7, 11) is 0. The summed E-state index contributed by atoms with van der Waals surface area (Å²) in [6.07, 6.45) is 3.94. The average molecular weight is 233 g/mol. The summed E-state index contributed by atoms with van der Waals surface area (Å²) in [6.45, 7) is 4.81. The zero-order valence-electron chi connectivity index (χ0n) is 10.8. The van der Waals surface area contributed by atoms with Crippen molar-refractivity contribution in [1.29, 1.82) is 0 Å². The smallest absolute Gasteiger partial charge is 0.0682 e. The number of rotatable bonds is 3. The lowest BCUT2D eigenvalue weighted by Gasteiger charge is -2.35. The molecular formula is C15H23NO. The maximum atomic E-state index is 9.13. The van der Waals surface area contributed by atoms with Gasteiger partial charge < -0.3 is 10.4 Å². The average Bonchev–Trinajstić information content (AvgIpc) is 2.35. The summed E-state index contributed by atoms with van der Waals surface area (Å²) in [5.74, 6) is 1.53. The van der Waals surface area contributed by atoms with E-state index in [-0.39, 0.29) is 6.61 Å². The predicted octanol–water partition coefficient (Wildman–Crippen LogP) is 3.42. The van der Waals surface area contributed by atoms with Crippen LogP contribution in [0.2, 0.25) is 0 Å². The molecule has 1 aromatic carbocycles. The Labute approximate surface area is 104 Å². The highest BCUT2D eigenvalue weighted by Crippen LogP contribution is 2.31. The molecule has 0 bridgehead atoms. The van der Waals surface area contributed by atoms with Crippen molar-refractivity contribution < 1.29 is 5.11 Å². The first kappa shape index (κ1) is 12.4. The maximum Gasteiger partial charge on any atom is 0.0682 e. The lowest BCUT2D eigenvalue weighted by molar-refractivity contribution is 0.253. The zero-order valence-corrected chi connectivity index (χ0v) is 10.8. The number of benzene rings is 1. The molecule has 0 radical (unpaired) electrons. The first-order chi connectivity index (χ1) is 8.20. The fourth-order valence-corrected chi connectivity index (χ4v) is 2.76. The highest BCUT2D eigenvalue weighted by atomic mass is 16.3. The van der Waals surface area contributed by atoms with E-state index in [1.165, 1.54) is 19.3 Å². The van der Waals surface area contributed by atoms with E-state index < -0.39 is 0 Å². The number of nitrogens with one attached hydrogen (secondary N) is 1. The Morgan fingerprint density at radius 2 is 2.12 bits per heavy atom. The van der Waals surface area contributed by atoms with Crippen molar-refractivity contribution >= 4 is 5.69 Å². The SMILES string of the molecule is CC1CCCC(Nc2cccc(CO)c2)C1C. The van der Waals surface area contributed by atoms with Crippen LogP contribution in [0.1, 0.15) is 38.7 Å². The van der Waals surface area contributed by atoms with Gasteiger partial charge >= 0.3 is 0 Å². The summed E-state index contributed by atoms with van der Waals surface area (Å²) >= 11 is 0. The third-order valence-corrected chi connectivity index (χ3v) is 4.17. The van der Waals surface area contributed by atoms with E-state index in [9.17, 15) is 0 Å². The molecule has 2 rings (SSSR count). The molecule has 0 heterocycles. The van der Waals surface area contributed by atoms with Crippen LogP contribution in [0.5, 0.6) is 0 Å². The molecule has 2 nitrogen and oxygen atoms in total. The van der Waals surface area contributed by atoms with Gasteiger partial charge in [-0.05, 0) is 36.0 Å². The van der Waals surface area contributed by atoms with Gasteiger partial charge in [0.25, 0.3) is 0 Å². The van der Waals surface area contributed by atoms with Crippen molar-refractivity contribution in [1.82, 2.24) is 0 Å². The Morgan fingerprint density at radius 3 is 2.88 bits per heavy atom. The molecule has 3 atom stereocenters. The number of aliphatic hydroxyl groups excluding tert-OH is 1. The van der Waals surface area contributed by atoms with Crippen LogP contribution in [0.4, 0.5) is 5.69 Å². The van der Waals surface area contributed by atoms with Crippen LogP contribution in [0.15, 0.2) is 24.3 Å². The molecule has 1 aliphatic carbocycles. The molecule has 0 amide bonds. The summed E-state index contributed by atoms with van der Waals surface area (Å²) in [5.41, 5.74) is 2.12. The van der Waals surface area contributed by atoms with Crippen molar-refractivity contribution in [2.45, 2.75) is 45.8 Å². The molecule has 1 aromatic rings. The normalized spacial score (nSPS) is 29.0. The molecule has 0 aliphatic heterocycles. The Bertz CT molecular complexity index is 364. The topological polar surface area (TPSA) is 32.3 Å². The molecule has 3 unspecified atom stereocenters. The molecule has 2 heteroatoms. The first-order valence-corrected chi connectivity index (χ1v) is 6.67. The third-order valence-electron chi connectivity index (χ3n) is 4.17. The van der Waals surface area contributed by atoms with Gasteiger partial charge in [0.1, 0.15) is 0 Å². The van der Waals surface area contributed by atoms with E-state index in [1.807, 2.05) is 18.2 Å². The molecule has 1 aliphatic rings. The van der Waals surface area contributed by atoms with Crippen LogP contribution in [-0.4, -0.2) is 11.1 Å². The lowest BCUT2D eigenvalue weighted by Crippen LogP contribution is -2.34. The molecule has 94 valence electrons. The van der Waals surface area contributed by atoms with Gasteiger partial charge in [0, 0.05) is 11.7 Å². The van der Waals surface area contributed by atoms with E-state index >= 15 is 0 Å². The lowest BCUT2D eigenvalue weighted by atomic mass is 9.78. The van der Waals surface area contributed by atoms with E-state index in [2.05, 4.69) is 25.2 Å². The van der Waals surface area contributed by atoms with E-state index in [1.54, 1.807) is 0 Å².